The molecule has 0 bridgehead atoms. The Labute approximate surface area is 463 Å². The van der Waals surface area contributed by atoms with E-state index in [4.69, 9.17) is 0 Å². The molecule has 0 radical (unpaired) electrons. The van der Waals surface area contributed by atoms with Gasteiger partial charge in [-0.1, -0.05) is 193 Å². The van der Waals surface area contributed by atoms with Crippen LogP contribution in [0.4, 0.5) is 34.1 Å². The topological polar surface area (TPSA) is 40.6 Å². The molecule has 372 valence electrons. The van der Waals surface area contributed by atoms with Crippen LogP contribution in [-0.4, -0.2) is 8.42 Å². The van der Waals surface area contributed by atoms with E-state index in [1.807, 2.05) is 73.8 Å². The average molecular weight is 1060 g/mol. The van der Waals surface area contributed by atoms with Crippen LogP contribution in [0.25, 0.3) is 66.1 Å². The van der Waals surface area contributed by atoms with Crippen molar-refractivity contribution in [3.63, 3.8) is 0 Å². The van der Waals surface area contributed by atoms with Gasteiger partial charge in [0.15, 0.2) is 9.84 Å². The predicted molar refractivity (Wildman–Crippen MR) is 326 cm³/mol. The Morgan fingerprint density at radius 2 is 0.782 bits per heavy atom. The molecule has 78 heavy (non-hydrogen) atoms. The summed E-state index contributed by atoms with van der Waals surface area (Å²) in [5.41, 5.74) is 18.0. The maximum absolute atomic E-state index is 14.8. The number of hydrogen-bond acceptors (Lipinski definition) is 6. The van der Waals surface area contributed by atoms with E-state index >= 15 is 0 Å². The smallest absolute Gasteiger partial charge is 0.192 e. The number of sulfone groups is 1. The second-order valence-electron chi connectivity index (χ2n) is 20.6. The van der Waals surface area contributed by atoms with Crippen LogP contribution in [-0.2, 0) is 14.6 Å². The van der Waals surface area contributed by atoms with E-state index in [0.717, 1.165) is 111 Å². The van der Waals surface area contributed by atoms with E-state index in [0.29, 0.717) is 4.90 Å². The zero-order valence-electron chi connectivity index (χ0n) is 42.7. The Morgan fingerprint density at radius 1 is 0.359 bits per heavy atom. The van der Waals surface area contributed by atoms with Crippen LogP contribution < -0.4 is 9.80 Å². The lowest BCUT2D eigenvalue weighted by atomic mass is 9.85. The van der Waals surface area contributed by atoms with Gasteiger partial charge >= 0.3 is 0 Å². The standard InChI is InChI=1S/C71H48N2O2S3/c1-45-28-37-52(38-29-45)78(74,75)71(2)59-19-7-6-18-53(59)56-42-49(34-41-60(56)71)46-30-32-48(33-31-46)70-55-40-36-50(72-61-20-8-12-24-65(61)76-66-25-13-9-21-62(66)72)43-57(55)69(47-16-4-3-5-17-47)54-39-35-51(44-58(54)70)73-63-22-10-14-26-67(63)77-68-27-15-11-23-64(68)73/h3-44H,1-2H3. The summed E-state index contributed by atoms with van der Waals surface area (Å²) in [7, 11) is -3.84. The molecule has 12 aromatic carbocycles. The minimum Gasteiger partial charge on any atom is -0.308 e. The van der Waals surface area contributed by atoms with Crippen molar-refractivity contribution in [2.75, 3.05) is 9.80 Å². The van der Waals surface area contributed by atoms with Crippen molar-refractivity contribution in [1.29, 1.82) is 0 Å². The van der Waals surface area contributed by atoms with Crippen molar-refractivity contribution in [2.45, 2.75) is 43.1 Å². The maximum atomic E-state index is 14.8. The molecule has 2 heterocycles. The third kappa shape index (κ3) is 7.12. The van der Waals surface area contributed by atoms with Crippen LogP contribution in [0.5, 0.6) is 0 Å². The molecule has 12 aromatic rings. The fourth-order valence-corrected chi connectivity index (χ4v) is 16.4. The molecule has 2 aliphatic heterocycles. The highest BCUT2D eigenvalue weighted by molar-refractivity contribution is 8.00. The molecule has 4 nitrogen and oxygen atoms in total. The number of nitrogens with zero attached hydrogens (tertiary/aromatic N) is 2. The minimum atomic E-state index is -3.84. The van der Waals surface area contributed by atoms with Crippen LogP contribution in [0.2, 0.25) is 0 Å². The Balaban J connectivity index is 0.941. The van der Waals surface area contributed by atoms with E-state index in [-0.39, 0.29) is 0 Å². The number of fused-ring (bicyclic) bond motifs is 9. The first kappa shape index (κ1) is 46.7. The van der Waals surface area contributed by atoms with Gasteiger partial charge in [0.1, 0.15) is 4.75 Å². The maximum Gasteiger partial charge on any atom is 0.192 e. The van der Waals surface area contributed by atoms with Crippen molar-refractivity contribution in [3.05, 3.63) is 271 Å². The molecule has 0 aromatic heterocycles. The highest BCUT2D eigenvalue weighted by atomic mass is 32.2. The Kier molecular flexibility index (Phi) is 10.8. The summed E-state index contributed by atoms with van der Waals surface area (Å²) >= 11 is 3.64. The number of hydrogen-bond donors (Lipinski definition) is 0. The molecule has 0 N–H and O–H groups in total. The molecule has 0 amide bonds. The largest absolute Gasteiger partial charge is 0.308 e. The lowest BCUT2D eigenvalue weighted by Crippen LogP contribution is -2.32. The van der Waals surface area contributed by atoms with Crippen molar-refractivity contribution in [2.24, 2.45) is 0 Å². The third-order valence-corrected chi connectivity index (χ3v) is 20.8. The first-order valence-electron chi connectivity index (χ1n) is 26.3. The minimum absolute atomic E-state index is 0.323. The third-order valence-electron chi connectivity index (χ3n) is 16.2. The number of anilines is 6. The monoisotopic (exact) mass is 1060 g/mol. The fraction of sp³-hybridized carbons (Fsp3) is 0.0423. The molecule has 1 aliphatic carbocycles. The number of rotatable bonds is 7. The molecule has 0 saturated heterocycles. The molecule has 15 rings (SSSR count). The SMILES string of the molecule is Cc1ccc(S(=O)(=O)C2(C)c3ccccc3-c3cc(-c4ccc(-c5c6ccc(N7c8ccccc8Sc8ccccc87)cc6c(-c6ccccc6)c6ccc(N7c8ccccc8Sc8ccccc87)cc56)cc4)ccc32)cc1. The van der Waals surface area contributed by atoms with Crippen molar-refractivity contribution in [3.8, 4) is 44.5 Å². The second-order valence-corrected chi connectivity index (χ2v) is 25.0. The molecule has 0 saturated carbocycles. The second kappa shape index (κ2) is 18.0. The van der Waals surface area contributed by atoms with E-state index in [1.165, 1.54) is 25.1 Å². The van der Waals surface area contributed by atoms with Gasteiger partial charge in [-0.15, -0.1) is 0 Å². The van der Waals surface area contributed by atoms with Gasteiger partial charge in [0.2, 0.25) is 0 Å². The van der Waals surface area contributed by atoms with Crippen LogP contribution in [0.15, 0.2) is 279 Å². The van der Waals surface area contributed by atoms with Gasteiger partial charge in [0.05, 0.1) is 27.6 Å². The van der Waals surface area contributed by atoms with E-state index < -0.39 is 14.6 Å². The summed E-state index contributed by atoms with van der Waals surface area (Å²) in [6, 6.07) is 90.5. The zero-order valence-corrected chi connectivity index (χ0v) is 45.1. The summed E-state index contributed by atoms with van der Waals surface area (Å²) < 4.78 is 28.4. The molecule has 0 fully saturated rings. The summed E-state index contributed by atoms with van der Waals surface area (Å²) in [6.45, 7) is 3.85. The highest BCUT2D eigenvalue weighted by Gasteiger charge is 2.50. The van der Waals surface area contributed by atoms with Crippen LogP contribution >= 0.6 is 23.5 Å². The zero-order chi connectivity index (χ0) is 52.3. The van der Waals surface area contributed by atoms with Crippen LogP contribution in [0.1, 0.15) is 23.6 Å². The fourth-order valence-electron chi connectivity index (χ4n) is 12.4. The van der Waals surface area contributed by atoms with Crippen LogP contribution in [0.3, 0.4) is 0 Å². The van der Waals surface area contributed by atoms with E-state index in [9.17, 15) is 8.42 Å². The number of para-hydroxylation sites is 4. The van der Waals surface area contributed by atoms with Gasteiger partial charge in [0.25, 0.3) is 0 Å². The van der Waals surface area contributed by atoms with Crippen LogP contribution in [0, 0.1) is 6.92 Å². The van der Waals surface area contributed by atoms with Gasteiger partial charge in [-0.05, 0) is 182 Å². The highest BCUT2D eigenvalue weighted by Crippen LogP contribution is 2.57. The summed E-state index contributed by atoms with van der Waals surface area (Å²) in [6.07, 6.45) is 0. The molecular formula is C71H48N2O2S3. The van der Waals surface area contributed by atoms with Gasteiger partial charge in [-0.3, -0.25) is 0 Å². The molecule has 1 atom stereocenters. The van der Waals surface area contributed by atoms with Gasteiger partial charge in [-0.2, -0.15) is 0 Å². The van der Waals surface area contributed by atoms with Gasteiger partial charge in [0, 0.05) is 31.0 Å². The Bertz CT molecular complexity index is 4470. The van der Waals surface area contributed by atoms with E-state index in [1.54, 1.807) is 12.1 Å². The Morgan fingerprint density at radius 3 is 1.31 bits per heavy atom. The van der Waals surface area contributed by atoms with Crippen molar-refractivity contribution >= 4 is 89.0 Å². The molecule has 0 spiro atoms. The first-order chi connectivity index (χ1) is 38.2. The predicted octanol–water partition coefficient (Wildman–Crippen LogP) is 19.9. The lowest BCUT2D eigenvalue weighted by molar-refractivity contribution is 0.567. The number of benzene rings is 12. The lowest BCUT2D eigenvalue weighted by Gasteiger charge is -2.33. The normalized spacial score (nSPS) is 15.1. The Hall–Kier alpha value is -8.59. The molecule has 7 heteroatoms. The van der Waals surface area contributed by atoms with Gasteiger partial charge in [-0.25, -0.2) is 8.42 Å². The summed E-state index contributed by atoms with van der Waals surface area (Å²) in [4.78, 5) is 10.1. The molecule has 1 unspecified atom stereocenters. The number of aryl methyl sites for hydroxylation is 1. The first-order valence-corrected chi connectivity index (χ1v) is 29.4. The van der Waals surface area contributed by atoms with Crippen molar-refractivity contribution in [1.82, 2.24) is 0 Å². The average Bonchev–Trinajstić information content (AvgIpc) is 3.85. The quantitative estimate of drug-likeness (QED) is 0.148. The molecular weight excluding hydrogens is 1010 g/mol. The molecule has 3 aliphatic rings. The summed E-state index contributed by atoms with van der Waals surface area (Å²) in [5, 5.41) is 4.64. The van der Waals surface area contributed by atoms with Gasteiger partial charge < -0.3 is 9.80 Å². The summed E-state index contributed by atoms with van der Waals surface area (Å²) in [5.74, 6) is 0. The van der Waals surface area contributed by atoms with E-state index in [2.05, 4.69) is 216 Å². The van der Waals surface area contributed by atoms with Crippen molar-refractivity contribution < 1.29 is 8.42 Å².